The Morgan fingerprint density at radius 3 is 1.00 bits per heavy atom. The normalized spacial score (nSPS) is 5.00. The van der Waals surface area contributed by atoms with Crippen molar-refractivity contribution in [1.29, 1.82) is 0 Å². The minimum absolute atomic E-state index is 0. The van der Waals surface area contributed by atoms with Gasteiger partial charge in [-0.3, -0.25) is 0 Å². The van der Waals surface area contributed by atoms with Crippen molar-refractivity contribution in [2.45, 2.75) is 0 Å². The Morgan fingerprint density at radius 2 is 1.00 bits per heavy atom. The quantitative estimate of drug-likeness (QED) is 0.550. The maximum atomic E-state index is 2.06. The van der Waals surface area contributed by atoms with Gasteiger partial charge in [0.05, 0.1) is 0 Å². The van der Waals surface area contributed by atoms with E-state index in [4.69, 9.17) is 0 Å². The molecule has 0 aromatic heterocycles. The van der Waals surface area contributed by atoms with E-state index in [1.807, 2.05) is 0 Å². The van der Waals surface area contributed by atoms with Gasteiger partial charge in [-0.1, -0.05) is 21.6 Å². The van der Waals surface area contributed by atoms with Crippen LogP contribution in [0.4, 0.5) is 0 Å². The predicted molar refractivity (Wildman–Crippen MR) is 41.5 cm³/mol. The molecule has 0 aliphatic heterocycles. The van der Waals surface area contributed by atoms with Gasteiger partial charge in [-0.05, 0) is 12.5 Å². The van der Waals surface area contributed by atoms with Gasteiger partial charge < -0.3 is 0 Å². The van der Waals surface area contributed by atoms with Crippen LogP contribution in [0.15, 0.2) is 0 Å². The van der Waals surface area contributed by atoms with Gasteiger partial charge in [-0.2, -0.15) is 0 Å². The Hall–Kier alpha value is 1.28. The van der Waals surface area contributed by atoms with Crippen molar-refractivity contribution in [1.82, 2.24) is 0 Å². The van der Waals surface area contributed by atoms with Crippen LogP contribution in [0.25, 0.3) is 0 Å². The smallest absolute Gasteiger partial charge is 0.00793 e. The van der Waals surface area contributed by atoms with Gasteiger partial charge in [0.2, 0.25) is 0 Å². The van der Waals surface area contributed by atoms with Crippen molar-refractivity contribution >= 4 is 46.4 Å². The molecule has 0 bridgehead atoms. The summed E-state index contributed by atoms with van der Waals surface area (Å²) in [6.07, 6.45) is 4.12. The van der Waals surface area contributed by atoms with Crippen LogP contribution >= 0.6 is 46.4 Å². The first-order valence-electron chi connectivity index (χ1n) is 0.983. The molecular formula is C2H8Cl2S2. The molecule has 0 amide bonds. The van der Waals surface area contributed by atoms with Crippen LogP contribution in [0.3, 0.4) is 0 Å². The monoisotopic (exact) mass is 166 g/mol. The Labute approximate surface area is 59.1 Å². The van der Waals surface area contributed by atoms with E-state index in [2.05, 4.69) is 12.5 Å². The zero-order chi connectivity index (χ0) is 3.41. The fraction of sp³-hybridized carbons (Fsp3) is 1.00. The van der Waals surface area contributed by atoms with E-state index in [1.54, 1.807) is 21.6 Å². The SMILES string of the molecule is CSSC.Cl.Cl. The molecule has 0 aliphatic rings. The fourth-order valence-corrected chi connectivity index (χ4v) is 0. The average Bonchev–Trinajstić information content (AvgIpc) is 1.37. The highest BCUT2D eigenvalue weighted by Crippen LogP contribution is 2.09. The zero-order valence-corrected chi connectivity index (χ0v) is 6.90. The number of halogens is 2. The Bertz CT molecular complexity index is 11.5. The predicted octanol–water partition coefficient (Wildman–Crippen LogP) is 2.47. The Morgan fingerprint density at radius 1 is 0.833 bits per heavy atom. The minimum Gasteiger partial charge on any atom is -0.147 e. The molecule has 0 aliphatic carbocycles. The summed E-state index contributed by atoms with van der Waals surface area (Å²) in [5.74, 6) is 0. The summed E-state index contributed by atoms with van der Waals surface area (Å²) in [6.45, 7) is 0. The lowest BCUT2D eigenvalue weighted by Crippen LogP contribution is -1.28. The van der Waals surface area contributed by atoms with E-state index < -0.39 is 0 Å². The number of hydrogen-bond acceptors (Lipinski definition) is 2. The lowest BCUT2D eigenvalue weighted by Gasteiger charge is -1.69. The largest absolute Gasteiger partial charge is 0.147 e. The second-order valence-electron chi connectivity index (χ2n) is 0.333. The molecule has 0 atom stereocenters. The summed E-state index contributed by atoms with van der Waals surface area (Å²) in [7, 11) is 3.55. The fourth-order valence-electron chi connectivity index (χ4n) is 0. The minimum atomic E-state index is 0. The van der Waals surface area contributed by atoms with Crippen LogP contribution in [0, 0.1) is 0 Å². The van der Waals surface area contributed by atoms with Gasteiger partial charge in [-0.15, -0.1) is 24.8 Å². The molecule has 0 heterocycles. The molecule has 4 heteroatoms. The first-order valence-corrected chi connectivity index (χ1v) is 3.95. The summed E-state index contributed by atoms with van der Waals surface area (Å²) in [4.78, 5) is 0. The highest BCUT2D eigenvalue weighted by atomic mass is 35.5. The first kappa shape index (κ1) is 15.7. The standard InChI is InChI=1S/C2H6S2.2ClH/c1-3-4-2;;/h1-2H3;2*1H. The van der Waals surface area contributed by atoms with E-state index in [9.17, 15) is 0 Å². The molecule has 0 aromatic rings. The summed E-state index contributed by atoms with van der Waals surface area (Å²) in [5.41, 5.74) is 0. The van der Waals surface area contributed by atoms with E-state index in [1.165, 1.54) is 0 Å². The molecule has 42 valence electrons. The van der Waals surface area contributed by atoms with Crippen LogP contribution in [-0.4, -0.2) is 12.5 Å². The highest BCUT2D eigenvalue weighted by Gasteiger charge is 1.55. The molecular weight excluding hydrogens is 159 g/mol. The van der Waals surface area contributed by atoms with Crippen LogP contribution in [0.5, 0.6) is 0 Å². The van der Waals surface area contributed by atoms with Gasteiger partial charge in [0.15, 0.2) is 0 Å². The molecule has 0 rings (SSSR count). The summed E-state index contributed by atoms with van der Waals surface area (Å²) < 4.78 is 0. The van der Waals surface area contributed by atoms with Crippen molar-refractivity contribution in [2.75, 3.05) is 12.5 Å². The molecule has 0 fully saturated rings. The van der Waals surface area contributed by atoms with Crippen molar-refractivity contribution in [3.8, 4) is 0 Å². The third-order valence-corrected chi connectivity index (χ3v) is 1.50. The Kier molecular flexibility index (Phi) is 42.5. The highest BCUT2D eigenvalue weighted by molar-refractivity contribution is 8.76. The second-order valence-corrected chi connectivity index (χ2v) is 3.00. The van der Waals surface area contributed by atoms with Crippen LogP contribution < -0.4 is 0 Å². The van der Waals surface area contributed by atoms with Gasteiger partial charge >= 0.3 is 0 Å². The van der Waals surface area contributed by atoms with Crippen molar-refractivity contribution in [3.05, 3.63) is 0 Å². The Balaban J connectivity index is -0.0000000450. The molecule has 0 spiro atoms. The van der Waals surface area contributed by atoms with Crippen LogP contribution in [-0.2, 0) is 0 Å². The topological polar surface area (TPSA) is 0 Å². The third-order valence-electron chi connectivity index (χ3n) is 0.167. The molecule has 0 saturated carbocycles. The number of hydrogen-bond donors (Lipinski definition) is 0. The molecule has 6 heavy (non-hydrogen) atoms. The van der Waals surface area contributed by atoms with Crippen LogP contribution in [0.1, 0.15) is 0 Å². The lowest BCUT2D eigenvalue weighted by molar-refractivity contribution is 2.51. The summed E-state index contributed by atoms with van der Waals surface area (Å²) >= 11 is 0. The lowest BCUT2D eigenvalue weighted by atomic mass is 12.0. The van der Waals surface area contributed by atoms with Crippen molar-refractivity contribution in [3.63, 3.8) is 0 Å². The van der Waals surface area contributed by atoms with Crippen molar-refractivity contribution < 1.29 is 0 Å². The van der Waals surface area contributed by atoms with E-state index in [0.29, 0.717) is 0 Å². The molecule has 0 radical (unpaired) electrons. The van der Waals surface area contributed by atoms with Crippen molar-refractivity contribution in [2.24, 2.45) is 0 Å². The third kappa shape index (κ3) is 18.6. The summed E-state index contributed by atoms with van der Waals surface area (Å²) in [6, 6.07) is 0. The molecule has 0 unspecified atom stereocenters. The average molecular weight is 167 g/mol. The van der Waals surface area contributed by atoms with Gasteiger partial charge in [0.25, 0.3) is 0 Å². The molecule has 0 saturated heterocycles. The second kappa shape index (κ2) is 16.3. The molecule has 0 aromatic carbocycles. The first-order chi connectivity index (χ1) is 1.91. The van der Waals surface area contributed by atoms with E-state index >= 15 is 0 Å². The molecule has 0 nitrogen and oxygen atoms in total. The maximum absolute atomic E-state index is 2.06. The van der Waals surface area contributed by atoms with Gasteiger partial charge in [0.1, 0.15) is 0 Å². The molecule has 0 N–H and O–H groups in total. The van der Waals surface area contributed by atoms with E-state index in [0.717, 1.165) is 0 Å². The number of rotatable bonds is 1. The van der Waals surface area contributed by atoms with Crippen LogP contribution in [0.2, 0.25) is 0 Å². The van der Waals surface area contributed by atoms with Gasteiger partial charge in [-0.25, -0.2) is 0 Å². The van der Waals surface area contributed by atoms with E-state index in [-0.39, 0.29) is 24.8 Å². The maximum Gasteiger partial charge on any atom is -0.00793 e. The summed E-state index contributed by atoms with van der Waals surface area (Å²) in [5, 5.41) is 0. The zero-order valence-electron chi connectivity index (χ0n) is 3.63. The van der Waals surface area contributed by atoms with Gasteiger partial charge in [0, 0.05) is 0 Å².